The molecule has 0 radical (unpaired) electrons. The average Bonchev–Trinajstić information content (AvgIpc) is 2.97. The van der Waals surface area contributed by atoms with E-state index in [1.807, 2.05) is 0 Å². The van der Waals surface area contributed by atoms with E-state index in [2.05, 4.69) is 10.6 Å². The lowest BCUT2D eigenvalue weighted by Crippen LogP contribution is -2.32. The first kappa shape index (κ1) is 12.9. The van der Waals surface area contributed by atoms with Gasteiger partial charge in [-0.1, -0.05) is 0 Å². The Morgan fingerprint density at radius 2 is 2.35 bits per heavy atom. The molecule has 0 spiro atoms. The molecular formula is C14H16N2O4. The monoisotopic (exact) mass is 276 g/mol. The number of fused-ring (bicyclic) bond motifs is 1. The Morgan fingerprint density at radius 3 is 3.15 bits per heavy atom. The Labute approximate surface area is 116 Å². The van der Waals surface area contributed by atoms with Crippen LogP contribution in [0.25, 0.3) is 0 Å². The van der Waals surface area contributed by atoms with E-state index < -0.39 is 0 Å². The minimum atomic E-state index is -0.187. The van der Waals surface area contributed by atoms with E-state index in [1.54, 1.807) is 18.2 Å². The number of rotatable bonds is 3. The van der Waals surface area contributed by atoms with Crippen LogP contribution in [0.4, 0.5) is 5.69 Å². The van der Waals surface area contributed by atoms with Crippen molar-refractivity contribution in [2.75, 3.05) is 25.1 Å². The zero-order valence-corrected chi connectivity index (χ0v) is 11.0. The second-order valence-corrected chi connectivity index (χ2v) is 4.89. The van der Waals surface area contributed by atoms with Gasteiger partial charge < -0.3 is 20.1 Å². The molecule has 1 saturated heterocycles. The summed E-state index contributed by atoms with van der Waals surface area (Å²) in [4.78, 5) is 23.2. The number of carbonyl (C=O) groups excluding carboxylic acids is 2. The molecule has 1 fully saturated rings. The topological polar surface area (TPSA) is 76.7 Å². The molecule has 2 aliphatic heterocycles. The van der Waals surface area contributed by atoms with Crippen LogP contribution in [0.2, 0.25) is 0 Å². The molecule has 0 unspecified atom stereocenters. The number of hydrogen-bond donors (Lipinski definition) is 2. The van der Waals surface area contributed by atoms with E-state index in [-0.39, 0.29) is 24.5 Å². The van der Waals surface area contributed by atoms with Gasteiger partial charge in [0.25, 0.3) is 11.8 Å². The molecule has 6 nitrogen and oxygen atoms in total. The van der Waals surface area contributed by atoms with Crippen LogP contribution < -0.4 is 15.4 Å². The molecule has 2 amide bonds. The molecule has 0 aliphatic carbocycles. The Bertz CT molecular complexity index is 538. The van der Waals surface area contributed by atoms with Gasteiger partial charge in [0.1, 0.15) is 5.75 Å². The lowest BCUT2D eigenvalue weighted by atomic mass is 10.1. The van der Waals surface area contributed by atoms with Gasteiger partial charge in [-0.15, -0.1) is 0 Å². The number of anilines is 1. The predicted octanol–water partition coefficient (Wildman–Crippen LogP) is 0.926. The van der Waals surface area contributed by atoms with Crippen LogP contribution in [-0.4, -0.2) is 37.7 Å². The fourth-order valence-corrected chi connectivity index (χ4v) is 2.33. The van der Waals surface area contributed by atoms with Crippen molar-refractivity contribution in [3.05, 3.63) is 23.8 Å². The van der Waals surface area contributed by atoms with Crippen LogP contribution in [0.15, 0.2) is 18.2 Å². The van der Waals surface area contributed by atoms with Gasteiger partial charge in [0.05, 0.1) is 11.8 Å². The summed E-state index contributed by atoms with van der Waals surface area (Å²) in [6.45, 7) is 1.27. The third-order valence-corrected chi connectivity index (χ3v) is 3.39. The SMILES string of the molecule is O=C1COc2cc(C(=O)NC[C@@H]3CCCO3)ccc2N1. The predicted molar refractivity (Wildman–Crippen MR) is 71.9 cm³/mol. The van der Waals surface area contributed by atoms with Gasteiger partial charge >= 0.3 is 0 Å². The molecule has 1 atom stereocenters. The highest BCUT2D eigenvalue weighted by atomic mass is 16.5. The first-order valence-electron chi connectivity index (χ1n) is 6.69. The summed E-state index contributed by atoms with van der Waals surface area (Å²) < 4.78 is 10.7. The van der Waals surface area contributed by atoms with Gasteiger partial charge in [0, 0.05) is 18.7 Å². The van der Waals surface area contributed by atoms with Crippen molar-refractivity contribution in [1.82, 2.24) is 5.32 Å². The molecule has 2 aliphatic rings. The molecule has 20 heavy (non-hydrogen) atoms. The molecule has 0 saturated carbocycles. The van der Waals surface area contributed by atoms with Crippen molar-refractivity contribution in [3.63, 3.8) is 0 Å². The number of ether oxygens (including phenoxy) is 2. The largest absolute Gasteiger partial charge is 0.482 e. The minimum Gasteiger partial charge on any atom is -0.482 e. The lowest BCUT2D eigenvalue weighted by molar-refractivity contribution is -0.118. The number of benzene rings is 1. The van der Waals surface area contributed by atoms with E-state index >= 15 is 0 Å². The Morgan fingerprint density at radius 1 is 1.45 bits per heavy atom. The van der Waals surface area contributed by atoms with E-state index in [1.165, 1.54) is 0 Å². The van der Waals surface area contributed by atoms with Gasteiger partial charge in [-0.25, -0.2) is 0 Å². The zero-order chi connectivity index (χ0) is 13.9. The second-order valence-electron chi connectivity index (χ2n) is 4.89. The molecule has 3 rings (SSSR count). The van der Waals surface area contributed by atoms with Crippen molar-refractivity contribution in [1.29, 1.82) is 0 Å². The third-order valence-electron chi connectivity index (χ3n) is 3.39. The van der Waals surface area contributed by atoms with Crippen LogP contribution in [-0.2, 0) is 9.53 Å². The fourth-order valence-electron chi connectivity index (χ4n) is 2.33. The average molecular weight is 276 g/mol. The summed E-state index contributed by atoms with van der Waals surface area (Å²) in [5.74, 6) is 0.172. The third kappa shape index (κ3) is 2.75. The van der Waals surface area contributed by atoms with Crippen molar-refractivity contribution in [3.8, 4) is 5.75 Å². The van der Waals surface area contributed by atoms with E-state index in [4.69, 9.17) is 9.47 Å². The highest BCUT2D eigenvalue weighted by Gasteiger charge is 2.19. The summed E-state index contributed by atoms with van der Waals surface area (Å²) in [6.07, 6.45) is 2.15. The molecular weight excluding hydrogens is 260 g/mol. The van der Waals surface area contributed by atoms with Gasteiger partial charge in [-0.2, -0.15) is 0 Å². The number of carbonyl (C=O) groups is 2. The molecule has 6 heteroatoms. The lowest BCUT2D eigenvalue weighted by Gasteiger charge is -2.18. The molecule has 0 aromatic heterocycles. The van der Waals surface area contributed by atoms with Crippen LogP contribution >= 0.6 is 0 Å². The highest BCUT2D eigenvalue weighted by molar-refractivity contribution is 5.98. The van der Waals surface area contributed by atoms with Gasteiger partial charge in [-0.05, 0) is 31.0 Å². The van der Waals surface area contributed by atoms with Crippen LogP contribution in [0.1, 0.15) is 23.2 Å². The molecule has 106 valence electrons. The van der Waals surface area contributed by atoms with E-state index in [0.717, 1.165) is 19.4 Å². The molecule has 1 aromatic carbocycles. The maximum absolute atomic E-state index is 12.0. The molecule has 1 aromatic rings. The maximum Gasteiger partial charge on any atom is 0.262 e. The number of hydrogen-bond acceptors (Lipinski definition) is 4. The molecule has 2 heterocycles. The fraction of sp³-hybridized carbons (Fsp3) is 0.429. The van der Waals surface area contributed by atoms with Gasteiger partial charge in [0.15, 0.2) is 6.61 Å². The molecule has 0 bridgehead atoms. The molecule has 2 N–H and O–H groups in total. The Kier molecular flexibility index (Phi) is 3.56. The Hall–Kier alpha value is -2.08. The zero-order valence-electron chi connectivity index (χ0n) is 11.0. The van der Waals surface area contributed by atoms with E-state index in [9.17, 15) is 9.59 Å². The van der Waals surface area contributed by atoms with Gasteiger partial charge in [-0.3, -0.25) is 9.59 Å². The second kappa shape index (κ2) is 5.50. The number of amides is 2. The Balaban J connectivity index is 1.64. The van der Waals surface area contributed by atoms with Crippen LogP contribution in [0.3, 0.4) is 0 Å². The normalized spacial score (nSPS) is 20.8. The highest BCUT2D eigenvalue weighted by Crippen LogP contribution is 2.28. The standard InChI is InChI=1S/C14H16N2O4/c17-13-8-20-12-6-9(3-4-11(12)16-13)14(18)15-7-10-2-1-5-19-10/h3-4,6,10H,1-2,5,7-8H2,(H,15,18)(H,16,17)/t10-/m0/s1. The smallest absolute Gasteiger partial charge is 0.262 e. The van der Waals surface area contributed by atoms with Crippen LogP contribution in [0.5, 0.6) is 5.75 Å². The van der Waals surface area contributed by atoms with Crippen molar-refractivity contribution in [2.45, 2.75) is 18.9 Å². The number of nitrogens with one attached hydrogen (secondary N) is 2. The maximum atomic E-state index is 12.0. The first-order valence-corrected chi connectivity index (χ1v) is 6.69. The summed E-state index contributed by atoms with van der Waals surface area (Å²) in [5, 5.41) is 5.54. The van der Waals surface area contributed by atoms with Crippen molar-refractivity contribution >= 4 is 17.5 Å². The summed E-state index contributed by atoms with van der Waals surface area (Å²) >= 11 is 0. The summed E-state index contributed by atoms with van der Waals surface area (Å²) in [7, 11) is 0. The quantitative estimate of drug-likeness (QED) is 0.861. The van der Waals surface area contributed by atoms with Crippen LogP contribution in [0, 0.1) is 0 Å². The van der Waals surface area contributed by atoms with Crippen molar-refractivity contribution < 1.29 is 19.1 Å². The first-order chi connectivity index (χ1) is 9.72. The minimum absolute atomic E-state index is 0.0199. The summed E-state index contributed by atoms with van der Waals surface area (Å²) in [5.41, 5.74) is 1.11. The van der Waals surface area contributed by atoms with E-state index in [0.29, 0.717) is 23.5 Å². The van der Waals surface area contributed by atoms with Gasteiger partial charge in [0.2, 0.25) is 0 Å². The summed E-state index contributed by atoms with van der Waals surface area (Å²) in [6, 6.07) is 4.98. The van der Waals surface area contributed by atoms with Crippen molar-refractivity contribution in [2.24, 2.45) is 0 Å².